The number of rotatable bonds is 1. The number of benzene rings is 1. The van der Waals surface area contributed by atoms with Crippen LogP contribution in [0.2, 0.25) is 0 Å². The minimum absolute atomic E-state index is 0.410. The third-order valence-corrected chi connectivity index (χ3v) is 1.91. The number of aromatic nitrogens is 2. The molecule has 2 rings (SSSR count). The number of nitrogens with zero attached hydrogens (tertiary/aromatic N) is 2. The minimum atomic E-state index is -0.833. The van der Waals surface area contributed by atoms with Gasteiger partial charge >= 0.3 is 6.03 Å². The average molecular weight is 204 g/mol. The molecule has 1 heterocycles. The first-order valence-electron chi connectivity index (χ1n) is 4.22. The SMILES string of the molecule is NC(=O)Nn1ncc2ccccc2c1=O. The van der Waals surface area contributed by atoms with Crippen molar-refractivity contribution in [2.45, 2.75) is 0 Å². The summed E-state index contributed by atoms with van der Waals surface area (Å²) in [7, 11) is 0. The molecule has 0 bridgehead atoms. The van der Waals surface area contributed by atoms with Crippen molar-refractivity contribution in [2.24, 2.45) is 5.73 Å². The number of hydrogen-bond donors (Lipinski definition) is 2. The highest BCUT2D eigenvalue weighted by molar-refractivity contribution is 5.82. The molecular weight excluding hydrogens is 196 g/mol. The number of fused-ring (bicyclic) bond motifs is 1. The first-order chi connectivity index (χ1) is 7.18. The molecule has 0 aliphatic carbocycles. The Hall–Kier alpha value is -2.37. The molecule has 0 spiro atoms. The number of urea groups is 1. The van der Waals surface area contributed by atoms with Gasteiger partial charge in [-0.15, -0.1) is 4.79 Å². The van der Waals surface area contributed by atoms with Crippen LogP contribution in [0, 0.1) is 0 Å². The molecule has 0 radical (unpaired) electrons. The van der Waals surface area contributed by atoms with Gasteiger partial charge in [-0.05, 0) is 6.07 Å². The van der Waals surface area contributed by atoms with E-state index in [0.29, 0.717) is 10.8 Å². The van der Waals surface area contributed by atoms with Gasteiger partial charge in [0.05, 0.1) is 11.6 Å². The monoisotopic (exact) mass is 204 g/mol. The molecule has 1 aromatic heterocycles. The molecule has 6 nitrogen and oxygen atoms in total. The number of nitrogens with one attached hydrogen (secondary N) is 1. The maximum Gasteiger partial charge on any atom is 0.332 e. The fourth-order valence-electron chi connectivity index (χ4n) is 1.27. The molecule has 6 heteroatoms. The van der Waals surface area contributed by atoms with E-state index in [-0.39, 0.29) is 0 Å². The lowest BCUT2D eigenvalue weighted by Gasteiger charge is -2.04. The summed E-state index contributed by atoms with van der Waals surface area (Å²) >= 11 is 0. The third-order valence-electron chi connectivity index (χ3n) is 1.91. The van der Waals surface area contributed by atoms with E-state index in [2.05, 4.69) is 10.5 Å². The van der Waals surface area contributed by atoms with Gasteiger partial charge in [0, 0.05) is 5.39 Å². The first-order valence-corrected chi connectivity index (χ1v) is 4.22. The molecule has 0 aliphatic heterocycles. The Morgan fingerprint density at radius 1 is 1.40 bits per heavy atom. The molecule has 0 fully saturated rings. The highest BCUT2D eigenvalue weighted by Crippen LogP contribution is 2.05. The Balaban J connectivity index is 2.65. The van der Waals surface area contributed by atoms with Crippen LogP contribution >= 0.6 is 0 Å². The van der Waals surface area contributed by atoms with Crippen molar-refractivity contribution >= 4 is 16.8 Å². The zero-order valence-electron chi connectivity index (χ0n) is 7.68. The van der Waals surface area contributed by atoms with Gasteiger partial charge in [0.1, 0.15) is 0 Å². The summed E-state index contributed by atoms with van der Waals surface area (Å²) in [6, 6.07) is 6.12. The lowest BCUT2D eigenvalue weighted by atomic mass is 10.2. The molecule has 76 valence electrons. The zero-order chi connectivity index (χ0) is 10.8. The second-order valence-electron chi connectivity index (χ2n) is 2.92. The van der Waals surface area contributed by atoms with Gasteiger partial charge in [0.15, 0.2) is 0 Å². The smallest absolute Gasteiger partial charge is 0.332 e. The van der Waals surface area contributed by atoms with E-state index >= 15 is 0 Å². The van der Waals surface area contributed by atoms with E-state index in [4.69, 9.17) is 5.73 Å². The summed E-state index contributed by atoms with van der Waals surface area (Å²) in [5.41, 5.74) is 6.57. The maximum atomic E-state index is 11.7. The average Bonchev–Trinajstić information content (AvgIpc) is 2.22. The van der Waals surface area contributed by atoms with Crippen molar-refractivity contribution in [1.82, 2.24) is 9.89 Å². The predicted octanol–water partition coefficient (Wildman–Crippen LogP) is 0.0187. The van der Waals surface area contributed by atoms with Gasteiger partial charge in [0.25, 0.3) is 5.56 Å². The Kier molecular flexibility index (Phi) is 2.09. The zero-order valence-corrected chi connectivity index (χ0v) is 7.68. The molecule has 0 aliphatic rings. The number of primary amides is 1. The van der Waals surface area contributed by atoms with Gasteiger partial charge in [-0.3, -0.25) is 4.79 Å². The summed E-state index contributed by atoms with van der Waals surface area (Å²) < 4.78 is 0. The van der Waals surface area contributed by atoms with Crippen LogP contribution in [-0.4, -0.2) is 15.9 Å². The number of amides is 2. The molecule has 15 heavy (non-hydrogen) atoms. The highest BCUT2D eigenvalue weighted by Gasteiger charge is 2.03. The van der Waals surface area contributed by atoms with Crippen LogP contribution in [0.5, 0.6) is 0 Å². The Morgan fingerprint density at radius 3 is 2.87 bits per heavy atom. The van der Waals surface area contributed by atoms with Gasteiger partial charge < -0.3 is 5.73 Å². The lowest BCUT2D eigenvalue weighted by molar-refractivity contribution is 0.256. The fourth-order valence-corrected chi connectivity index (χ4v) is 1.27. The van der Waals surface area contributed by atoms with Crippen molar-refractivity contribution in [2.75, 3.05) is 5.43 Å². The van der Waals surface area contributed by atoms with Crippen molar-refractivity contribution in [3.05, 3.63) is 40.8 Å². The number of carbonyl (C=O) groups excluding carboxylic acids is 1. The summed E-state index contributed by atoms with van der Waals surface area (Å²) in [5, 5.41) is 4.93. The molecule has 1 aromatic carbocycles. The summed E-state index contributed by atoms with van der Waals surface area (Å²) in [6.45, 7) is 0. The van der Waals surface area contributed by atoms with Crippen LogP contribution in [0.1, 0.15) is 0 Å². The van der Waals surface area contributed by atoms with Crippen molar-refractivity contribution in [1.29, 1.82) is 0 Å². The van der Waals surface area contributed by atoms with E-state index in [0.717, 1.165) is 4.79 Å². The number of hydrogen-bond acceptors (Lipinski definition) is 3. The van der Waals surface area contributed by atoms with Crippen LogP contribution in [0.15, 0.2) is 35.3 Å². The Bertz CT molecular complexity index is 576. The standard InChI is InChI=1S/C9H8N4O2/c10-9(15)12-13-8(14)7-4-2-1-3-6(7)5-11-13/h1-5H,(H3,10,12,15). The molecule has 2 amide bonds. The summed E-state index contributed by atoms with van der Waals surface area (Å²) in [4.78, 5) is 23.1. The van der Waals surface area contributed by atoms with E-state index < -0.39 is 11.6 Å². The van der Waals surface area contributed by atoms with Crippen molar-refractivity contribution < 1.29 is 4.79 Å². The molecule has 2 aromatic rings. The summed E-state index contributed by atoms with van der Waals surface area (Å²) in [5.74, 6) is 0. The Morgan fingerprint density at radius 2 is 2.13 bits per heavy atom. The largest absolute Gasteiger partial charge is 0.350 e. The number of nitrogens with two attached hydrogens (primary N) is 1. The molecule has 0 saturated heterocycles. The second-order valence-corrected chi connectivity index (χ2v) is 2.92. The van der Waals surface area contributed by atoms with Crippen LogP contribution in [0.25, 0.3) is 10.8 Å². The van der Waals surface area contributed by atoms with Gasteiger partial charge in [-0.2, -0.15) is 5.10 Å². The van der Waals surface area contributed by atoms with Gasteiger partial charge in [-0.1, -0.05) is 18.2 Å². The second kappa shape index (κ2) is 3.41. The predicted molar refractivity (Wildman–Crippen MR) is 54.9 cm³/mol. The van der Waals surface area contributed by atoms with E-state index in [1.807, 2.05) is 0 Å². The van der Waals surface area contributed by atoms with Gasteiger partial charge in [0.2, 0.25) is 0 Å². The molecular formula is C9H8N4O2. The molecule has 3 N–H and O–H groups in total. The normalized spacial score (nSPS) is 10.1. The number of carbonyl (C=O) groups is 1. The Labute approximate surface area is 84.3 Å². The van der Waals surface area contributed by atoms with E-state index in [9.17, 15) is 9.59 Å². The topological polar surface area (TPSA) is 90.0 Å². The fraction of sp³-hybridized carbons (Fsp3) is 0. The van der Waals surface area contributed by atoms with E-state index in [1.54, 1.807) is 24.3 Å². The minimum Gasteiger partial charge on any atom is -0.350 e. The van der Waals surface area contributed by atoms with Gasteiger partial charge in [-0.25, -0.2) is 10.2 Å². The van der Waals surface area contributed by atoms with Crippen LogP contribution in [-0.2, 0) is 0 Å². The van der Waals surface area contributed by atoms with Crippen molar-refractivity contribution in [3.63, 3.8) is 0 Å². The molecule has 0 atom stereocenters. The van der Waals surface area contributed by atoms with Crippen LogP contribution < -0.4 is 16.7 Å². The molecule has 0 unspecified atom stereocenters. The summed E-state index contributed by atoms with van der Waals surface area (Å²) in [6.07, 6.45) is 1.48. The van der Waals surface area contributed by atoms with E-state index in [1.165, 1.54) is 6.20 Å². The third kappa shape index (κ3) is 1.64. The van der Waals surface area contributed by atoms with Crippen molar-refractivity contribution in [3.8, 4) is 0 Å². The maximum absolute atomic E-state index is 11.7. The quantitative estimate of drug-likeness (QED) is 0.686. The first kappa shape index (κ1) is 9.20. The molecule has 0 saturated carbocycles. The van der Waals surface area contributed by atoms with Crippen LogP contribution in [0.4, 0.5) is 4.79 Å². The lowest BCUT2D eigenvalue weighted by Crippen LogP contribution is -2.37. The van der Waals surface area contributed by atoms with Crippen LogP contribution in [0.3, 0.4) is 0 Å². The highest BCUT2D eigenvalue weighted by atomic mass is 16.2.